The zero-order valence-corrected chi connectivity index (χ0v) is 10.5. The summed E-state index contributed by atoms with van der Waals surface area (Å²) in [7, 11) is 0. The molecule has 96 valence electrons. The van der Waals surface area contributed by atoms with Crippen molar-refractivity contribution in [3.8, 4) is 11.8 Å². The number of rotatable bonds is 2. The van der Waals surface area contributed by atoms with Gasteiger partial charge in [0.1, 0.15) is 6.61 Å². The van der Waals surface area contributed by atoms with Crippen molar-refractivity contribution >= 4 is 23.2 Å². The minimum Gasteiger partial charge on any atom is -0.384 e. The number of hydrogen-bond donors (Lipinski definition) is 3. The Balaban J connectivity index is 2.22. The summed E-state index contributed by atoms with van der Waals surface area (Å²) in [6.45, 7) is -0.223. The molecule has 1 amide bonds. The van der Waals surface area contributed by atoms with E-state index in [2.05, 4.69) is 27.4 Å². The fraction of sp³-hybridized carbons (Fsp3) is 0.0769. The molecule has 2 aromatic rings. The molecular formula is C13H10ClN3O2. The van der Waals surface area contributed by atoms with E-state index in [1.54, 1.807) is 18.2 Å². The molecule has 1 heterocycles. The summed E-state index contributed by atoms with van der Waals surface area (Å²) >= 11 is 6.00. The number of nitrogens with zero attached hydrogens (tertiary/aromatic N) is 1. The van der Waals surface area contributed by atoms with Crippen LogP contribution >= 0.6 is 11.6 Å². The average molecular weight is 276 g/mol. The number of carbonyl (C=O) groups is 1. The zero-order chi connectivity index (χ0) is 13.7. The molecule has 6 heteroatoms. The fourth-order valence-corrected chi connectivity index (χ4v) is 1.57. The lowest BCUT2D eigenvalue weighted by Crippen LogP contribution is -2.11. The molecule has 0 saturated heterocycles. The van der Waals surface area contributed by atoms with Gasteiger partial charge in [-0.05, 0) is 18.2 Å². The van der Waals surface area contributed by atoms with Gasteiger partial charge in [0.2, 0.25) is 0 Å². The van der Waals surface area contributed by atoms with Crippen molar-refractivity contribution in [2.24, 2.45) is 0 Å². The number of halogens is 1. The third-order valence-electron chi connectivity index (χ3n) is 2.29. The van der Waals surface area contributed by atoms with Gasteiger partial charge in [-0.1, -0.05) is 23.4 Å². The van der Waals surface area contributed by atoms with E-state index in [4.69, 9.17) is 16.7 Å². The molecule has 0 aliphatic rings. The van der Waals surface area contributed by atoms with Gasteiger partial charge in [0.05, 0.1) is 22.5 Å². The Morgan fingerprint density at radius 1 is 1.53 bits per heavy atom. The van der Waals surface area contributed by atoms with Crippen LogP contribution in [0.25, 0.3) is 0 Å². The third kappa shape index (κ3) is 3.35. The topological polar surface area (TPSA) is 78.0 Å². The van der Waals surface area contributed by atoms with E-state index in [1.165, 1.54) is 12.4 Å². The second-order valence-corrected chi connectivity index (χ2v) is 4.00. The number of aliphatic hydroxyl groups excluding tert-OH is 1. The van der Waals surface area contributed by atoms with Gasteiger partial charge in [-0.15, -0.1) is 0 Å². The number of aromatic amines is 1. The minimum absolute atomic E-state index is 0.223. The standard InChI is InChI=1S/C13H10ClN3O2/c14-11-4-3-9(2-1-5-18)6-12(11)17-13(19)10-7-15-16-8-10/h3-4,6-8,18H,5H2,(H,15,16)(H,17,19). The minimum atomic E-state index is -0.317. The van der Waals surface area contributed by atoms with Crippen LogP contribution in [0.15, 0.2) is 30.6 Å². The van der Waals surface area contributed by atoms with Crippen LogP contribution in [0, 0.1) is 11.8 Å². The SMILES string of the molecule is O=C(Nc1cc(C#CCO)ccc1Cl)c1cn[nH]c1. The Labute approximate surface area is 114 Å². The first-order valence-electron chi connectivity index (χ1n) is 5.40. The van der Waals surface area contributed by atoms with Crippen molar-refractivity contribution in [1.82, 2.24) is 10.2 Å². The maximum atomic E-state index is 11.8. The van der Waals surface area contributed by atoms with Crippen molar-refractivity contribution in [1.29, 1.82) is 0 Å². The van der Waals surface area contributed by atoms with Gasteiger partial charge in [-0.25, -0.2) is 0 Å². The van der Waals surface area contributed by atoms with Crippen LogP contribution in [-0.2, 0) is 0 Å². The number of aliphatic hydroxyl groups is 1. The molecule has 2 rings (SSSR count). The normalized spacial score (nSPS) is 9.58. The number of amides is 1. The number of carbonyl (C=O) groups excluding carboxylic acids is 1. The molecule has 0 fully saturated rings. The van der Waals surface area contributed by atoms with Crippen molar-refractivity contribution in [3.05, 3.63) is 46.7 Å². The van der Waals surface area contributed by atoms with E-state index in [9.17, 15) is 4.79 Å². The number of anilines is 1. The number of benzene rings is 1. The smallest absolute Gasteiger partial charge is 0.258 e. The lowest BCUT2D eigenvalue weighted by atomic mass is 10.2. The number of nitrogens with one attached hydrogen (secondary N) is 2. The first-order valence-corrected chi connectivity index (χ1v) is 5.78. The fourth-order valence-electron chi connectivity index (χ4n) is 1.41. The molecule has 0 saturated carbocycles. The van der Waals surface area contributed by atoms with Crippen LogP contribution in [0.5, 0.6) is 0 Å². The highest BCUT2D eigenvalue weighted by Crippen LogP contribution is 2.23. The van der Waals surface area contributed by atoms with Gasteiger partial charge in [0, 0.05) is 11.8 Å². The van der Waals surface area contributed by atoms with Crippen LogP contribution in [-0.4, -0.2) is 27.8 Å². The molecule has 5 nitrogen and oxygen atoms in total. The molecule has 1 aromatic carbocycles. The van der Waals surface area contributed by atoms with Crippen molar-refractivity contribution in [3.63, 3.8) is 0 Å². The van der Waals surface area contributed by atoms with Crippen LogP contribution in [0.1, 0.15) is 15.9 Å². The maximum absolute atomic E-state index is 11.8. The summed E-state index contributed by atoms with van der Waals surface area (Å²) in [6.07, 6.45) is 2.90. The van der Waals surface area contributed by atoms with Gasteiger partial charge in [-0.2, -0.15) is 5.10 Å². The predicted octanol–water partition coefficient (Wildman–Crippen LogP) is 1.66. The second kappa shape index (κ2) is 6.05. The van der Waals surface area contributed by atoms with Crippen LogP contribution in [0.4, 0.5) is 5.69 Å². The molecule has 0 radical (unpaired) electrons. The Morgan fingerprint density at radius 3 is 3.05 bits per heavy atom. The number of H-pyrrole nitrogens is 1. The molecular weight excluding hydrogens is 266 g/mol. The molecule has 0 aliphatic heterocycles. The Kier molecular flexibility index (Phi) is 4.18. The van der Waals surface area contributed by atoms with Gasteiger partial charge < -0.3 is 10.4 Å². The third-order valence-corrected chi connectivity index (χ3v) is 2.62. The van der Waals surface area contributed by atoms with Gasteiger partial charge in [0.15, 0.2) is 0 Å². The Morgan fingerprint density at radius 2 is 2.37 bits per heavy atom. The Hall–Kier alpha value is -2.29. The Bertz CT molecular complexity index is 642. The van der Waals surface area contributed by atoms with E-state index in [-0.39, 0.29) is 12.5 Å². The number of aromatic nitrogens is 2. The molecule has 0 spiro atoms. The highest BCUT2D eigenvalue weighted by molar-refractivity contribution is 6.34. The highest BCUT2D eigenvalue weighted by Gasteiger charge is 2.09. The molecule has 0 unspecified atom stereocenters. The van der Waals surface area contributed by atoms with E-state index in [0.29, 0.717) is 21.8 Å². The highest BCUT2D eigenvalue weighted by atomic mass is 35.5. The number of hydrogen-bond acceptors (Lipinski definition) is 3. The average Bonchev–Trinajstić information content (AvgIpc) is 2.93. The summed E-state index contributed by atoms with van der Waals surface area (Å²) in [4.78, 5) is 11.8. The van der Waals surface area contributed by atoms with Crippen LogP contribution in [0.3, 0.4) is 0 Å². The van der Waals surface area contributed by atoms with Crippen molar-refractivity contribution in [2.45, 2.75) is 0 Å². The first kappa shape index (κ1) is 13.1. The second-order valence-electron chi connectivity index (χ2n) is 3.60. The van der Waals surface area contributed by atoms with Crippen LogP contribution < -0.4 is 5.32 Å². The molecule has 19 heavy (non-hydrogen) atoms. The lowest BCUT2D eigenvalue weighted by Gasteiger charge is -2.06. The van der Waals surface area contributed by atoms with Gasteiger partial charge >= 0.3 is 0 Å². The predicted molar refractivity (Wildman–Crippen MR) is 72.0 cm³/mol. The largest absolute Gasteiger partial charge is 0.384 e. The summed E-state index contributed by atoms with van der Waals surface area (Å²) < 4.78 is 0. The first-order chi connectivity index (χ1) is 9.20. The monoisotopic (exact) mass is 275 g/mol. The van der Waals surface area contributed by atoms with Gasteiger partial charge in [0.25, 0.3) is 5.91 Å². The van der Waals surface area contributed by atoms with E-state index in [1.807, 2.05) is 0 Å². The molecule has 0 atom stereocenters. The molecule has 3 N–H and O–H groups in total. The lowest BCUT2D eigenvalue weighted by molar-refractivity contribution is 0.102. The van der Waals surface area contributed by atoms with E-state index in [0.717, 1.165) is 0 Å². The summed E-state index contributed by atoms with van der Waals surface area (Å²) in [5.74, 6) is 4.95. The maximum Gasteiger partial charge on any atom is 0.258 e. The molecule has 0 aliphatic carbocycles. The molecule has 0 bridgehead atoms. The summed E-state index contributed by atoms with van der Waals surface area (Å²) in [6, 6.07) is 4.98. The zero-order valence-electron chi connectivity index (χ0n) is 9.77. The van der Waals surface area contributed by atoms with Crippen molar-refractivity contribution < 1.29 is 9.90 Å². The summed E-state index contributed by atoms with van der Waals surface area (Å²) in [5.41, 5.74) is 1.52. The van der Waals surface area contributed by atoms with E-state index < -0.39 is 0 Å². The van der Waals surface area contributed by atoms with Crippen LogP contribution in [0.2, 0.25) is 5.02 Å². The van der Waals surface area contributed by atoms with Crippen molar-refractivity contribution in [2.75, 3.05) is 11.9 Å². The molecule has 1 aromatic heterocycles. The van der Waals surface area contributed by atoms with Gasteiger partial charge in [-0.3, -0.25) is 9.89 Å². The van der Waals surface area contributed by atoms with E-state index >= 15 is 0 Å². The quantitative estimate of drug-likeness (QED) is 0.730. The summed E-state index contributed by atoms with van der Waals surface area (Å²) in [5, 5.41) is 18.0.